The number of anilines is 1. The van der Waals surface area contributed by atoms with Gasteiger partial charge in [-0.3, -0.25) is 9.99 Å². The molecule has 0 radical (unpaired) electrons. The normalized spacial score (nSPS) is 11.4. The van der Waals surface area contributed by atoms with Crippen molar-refractivity contribution in [2.75, 3.05) is 12.0 Å². The van der Waals surface area contributed by atoms with Crippen LogP contribution in [0.1, 0.15) is 12.8 Å². The Bertz CT molecular complexity index is 573. The summed E-state index contributed by atoms with van der Waals surface area (Å²) in [5.41, 5.74) is 2.23. The van der Waals surface area contributed by atoms with Gasteiger partial charge in [0.25, 0.3) is 0 Å². The van der Waals surface area contributed by atoms with Crippen LogP contribution in [0.5, 0.6) is 6.01 Å². The quantitative estimate of drug-likeness (QED) is 0.467. The van der Waals surface area contributed by atoms with Gasteiger partial charge in [0.05, 0.1) is 6.61 Å². The molecule has 0 bridgehead atoms. The number of ether oxygens (including phenoxy) is 1. The summed E-state index contributed by atoms with van der Waals surface area (Å²) in [5.74, 6) is 5.43. The van der Waals surface area contributed by atoms with Gasteiger partial charge in [0.2, 0.25) is 11.9 Å². The van der Waals surface area contributed by atoms with E-state index in [-0.39, 0.29) is 30.9 Å². The Morgan fingerprint density at radius 1 is 1.29 bits per heavy atom. The predicted octanol–water partition coefficient (Wildman–Crippen LogP) is 1.06. The third-order valence-electron chi connectivity index (χ3n) is 2.30. The maximum Gasteiger partial charge on any atom is 0.389 e. The number of hydrazine groups is 1. The number of hydrogen-bond acceptors (Lipinski definition) is 7. The number of nitrogen functional groups attached to an aromatic ring is 1. The maximum atomic E-state index is 12.0. The molecule has 2 heterocycles. The van der Waals surface area contributed by atoms with Crippen LogP contribution in [0.2, 0.25) is 0 Å². The number of nitrogens with zero attached hydrogens (tertiary/aromatic N) is 5. The minimum atomic E-state index is -4.21. The van der Waals surface area contributed by atoms with Gasteiger partial charge in [-0.15, -0.1) is 0 Å². The smallest absolute Gasteiger partial charge is 0.389 e. The van der Waals surface area contributed by atoms with Crippen LogP contribution in [0.15, 0.2) is 18.7 Å². The summed E-state index contributed by atoms with van der Waals surface area (Å²) < 4.78 is 42.6. The molecule has 2 rings (SSSR count). The zero-order chi connectivity index (χ0) is 15.3. The van der Waals surface area contributed by atoms with E-state index >= 15 is 0 Å². The topological polar surface area (TPSA) is 104 Å². The van der Waals surface area contributed by atoms with Gasteiger partial charge in [-0.1, -0.05) is 0 Å². The molecular formula is C10H12F3N7O. The summed E-state index contributed by atoms with van der Waals surface area (Å²) in [4.78, 5) is 15.6. The third-order valence-corrected chi connectivity index (χ3v) is 2.30. The highest BCUT2D eigenvalue weighted by molar-refractivity contribution is 5.28. The molecule has 2 aromatic rings. The van der Waals surface area contributed by atoms with Gasteiger partial charge >= 0.3 is 12.2 Å². The molecule has 0 saturated heterocycles. The highest BCUT2D eigenvalue weighted by Gasteiger charge is 2.26. The standard InChI is InChI=1S/C10H12F3N7O/c11-10(12,13)2-1-5-21-9-17-7(19-14)16-8(18-9)20-4-3-15-6-20/h3-4,6H,1-2,5,14H2,(H,16,17,18,19). The van der Waals surface area contributed by atoms with Crippen molar-refractivity contribution in [2.45, 2.75) is 19.0 Å². The molecule has 114 valence electrons. The zero-order valence-electron chi connectivity index (χ0n) is 10.7. The van der Waals surface area contributed by atoms with E-state index in [2.05, 4.69) is 25.4 Å². The summed E-state index contributed by atoms with van der Waals surface area (Å²) >= 11 is 0. The van der Waals surface area contributed by atoms with E-state index in [1.807, 2.05) is 0 Å². The highest BCUT2D eigenvalue weighted by atomic mass is 19.4. The van der Waals surface area contributed by atoms with Crippen LogP contribution in [0.25, 0.3) is 5.95 Å². The summed E-state index contributed by atoms with van der Waals surface area (Å²) in [6.45, 7) is -0.170. The third kappa shape index (κ3) is 4.56. The van der Waals surface area contributed by atoms with Gasteiger partial charge in [-0.2, -0.15) is 28.1 Å². The van der Waals surface area contributed by atoms with E-state index in [4.69, 9.17) is 10.6 Å². The van der Waals surface area contributed by atoms with Crippen molar-refractivity contribution >= 4 is 5.95 Å². The van der Waals surface area contributed by atoms with E-state index in [1.54, 1.807) is 6.20 Å². The fourth-order valence-electron chi connectivity index (χ4n) is 1.40. The first kappa shape index (κ1) is 15.0. The van der Waals surface area contributed by atoms with Crippen molar-refractivity contribution < 1.29 is 17.9 Å². The molecule has 0 unspecified atom stereocenters. The number of imidazole rings is 1. The summed E-state index contributed by atoms with van der Waals surface area (Å²) in [6, 6.07) is -0.121. The number of aromatic nitrogens is 5. The molecular weight excluding hydrogens is 291 g/mol. The van der Waals surface area contributed by atoms with Crippen LogP contribution >= 0.6 is 0 Å². The average molecular weight is 303 g/mol. The number of hydrogen-bond donors (Lipinski definition) is 2. The van der Waals surface area contributed by atoms with Crippen molar-refractivity contribution in [3.05, 3.63) is 18.7 Å². The van der Waals surface area contributed by atoms with Gasteiger partial charge in [-0.25, -0.2) is 10.8 Å². The second kappa shape index (κ2) is 6.35. The molecule has 0 amide bonds. The maximum absolute atomic E-state index is 12.0. The lowest BCUT2D eigenvalue weighted by Gasteiger charge is -2.09. The Labute approximate surface area is 117 Å². The number of alkyl halides is 3. The molecule has 0 aliphatic carbocycles. The van der Waals surface area contributed by atoms with Crippen molar-refractivity contribution in [3.63, 3.8) is 0 Å². The van der Waals surface area contributed by atoms with Gasteiger partial charge in [-0.05, 0) is 6.42 Å². The van der Waals surface area contributed by atoms with Gasteiger partial charge in [0.1, 0.15) is 6.33 Å². The summed E-state index contributed by atoms with van der Waals surface area (Å²) in [5, 5.41) is 0. The number of nitrogens with two attached hydrogens (primary N) is 1. The Kier molecular flexibility index (Phi) is 4.52. The van der Waals surface area contributed by atoms with Crippen molar-refractivity contribution in [2.24, 2.45) is 5.84 Å². The monoisotopic (exact) mass is 303 g/mol. The SMILES string of the molecule is NNc1nc(OCCCC(F)(F)F)nc(-n2ccnc2)n1. The van der Waals surface area contributed by atoms with Crippen LogP contribution in [0.3, 0.4) is 0 Å². The van der Waals surface area contributed by atoms with Crippen molar-refractivity contribution in [1.82, 2.24) is 24.5 Å². The van der Waals surface area contributed by atoms with Crippen LogP contribution < -0.4 is 16.0 Å². The second-order valence-electron chi connectivity index (χ2n) is 3.92. The van der Waals surface area contributed by atoms with Crippen molar-refractivity contribution in [3.8, 4) is 12.0 Å². The Hall–Kier alpha value is -2.43. The molecule has 0 aromatic carbocycles. The first-order valence-electron chi connectivity index (χ1n) is 5.88. The summed E-state index contributed by atoms with van der Waals surface area (Å²) in [7, 11) is 0. The van der Waals surface area contributed by atoms with E-state index in [1.165, 1.54) is 17.1 Å². The molecule has 8 nitrogen and oxygen atoms in total. The molecule has 11 heteroatoms. The van der Waals surface area contributed by atoms with Crippen LogP contribution in [0, 0.1) is 0 Å². The molecule has 0 fully saturated rings. The summed E-state index contributed by atoms with van der Waals surface area (Å²) in [6.07, 6.45) is -0.792. The van der Waals surface area contributed by atoms with Crippen molar-refractivity contribution in [1.29, 1.82) is 0 Å². The Morgan fingerprint density at radius 2 is 2.10 bits per heavy atom. The minimum absolute atomic E-state index is 0.0273. The number of halogens is 3. The van der Waals surface area contributed by atoms with E-state index in [9.17, 15) is 13.2 Å². The molecule has 0 aliphatic heterocycles. The van der Waals surface area contributed by atoms with E-state index < -0.39 is 12.6 Å². The van der Waals surface area contributed by atoms with E-state index in [0.717, 1.165) is 0 Å². The first-order chi connectivity index (χ1) is 9.98. The lowest BCUT2D eigenvalue weighted by molar-refractivity contribution is -0.136. The molecule has 2 aromatic heterocycles. The lowest BCUT2D eigenvalue weighted by Crippen LogP contribution is -2.15. The highest BCUT2D eigenvalue weighted by Crippen LogP contribution is 2.21. The number of nitrogens with one attached hydrogen (secondary N) is 1. The molecule has 0 atom stereocenters. The van der Waals surface area contributed by atoms with Gasteiger partial charge in [0.15, 0.2) is 0 Å². The van der Waals surface area contributed by atoms with Crippen LogP contribution in [-0.2, 0) is 0 Å². The van der Waals surface area contributed by atoms with Gasteiger partial charge < -0.3 is 4.74 Å². The van der Waals surface area contributed by atoms with E-state index in [0.29, 0.717) is 0 Å². The molecule has 21 heavy (non-hydrogen) atoms. The predicted molar refractivity (Wildman–Crippen MR) is 65.5 cm³/mol. The second-order valence-corrected chi connectivity index (χ2v) is 3.92. The average Bonchev–Trinajstić information content (AvgIpc) is 2.96. The fourth-order valence-corrected chi connectivity index (χ4v) is 1.40. The molecule has 0 aliphatic rings. The van der Waals surface area contributed by atoms with Crippen LogP contribution in [-0.4, -0.2) is 37.3 Å². The molecule has 3 N–H and O–H groups in total. The minimum Gasteiger partial charge on any atom is -0.463 e. The Morgan fingerprint density at radius 3 is 2.71 bits per heavy atom. The molecule has 0 spiro atoms. The first-order valence-corrected chi connectivity index (χ1v) is 5.88. The van der Waals surface area contributed by atoms with Crippen LogP contribution in [0.4, 0.5) is 19.1 Å². The lowest BCUT2D eigenvalue weighted by atomic mass is 10.3. The largest absolute Gasteiger partial charge is 0.463 e. The fraction of sp³-hybridized carbons (Fsp3) is 0.400. The zero-order valence-corrected chi connectivity index (χ0v) is 10.7. The Balaban J connectivity index is 2.04. The molecule has 0 saturated carbocycles. The van der Waals surface area contributed by atoms with Gasteiger partial charge in [0, 0.05) is 18.8 Å². The number of rotatable bonds is 6.